The summed E-state index contributed by atoms with van der Waals surface area (Å²) in [5.74, 6) is 4.98. The Balaban J connectivity index is 3.08. The Morgan fingerprint density at radius 2 is 2.10 bits per heavy atom. The smallest absolute Gasteiger partial charge is 0.254 e. The highest BCUT2D eigenvalue weighted by Crippen LogP contribution is 2.15. The fourth-order valence-electron chi connectivity index (χ4n) is 1.89. The summed E-state index contributed by atoms with van der Waals surface area (Å²) in [5.41, 5.74) is 1.97. The van der Waals surface area contributed by atoms with E-state index in [1.165, 1.54) is 11.9 Å². The molecule has 0 aliphatic heterocycles. The number of benzene rings is 1. The molecule has 0 heterocycles. The van der Waals surface area contributed by atoms with Gasteiger partial charge in [0, 0.05) is 24.7 Å². The Kier molecular flexibility index (Phi) is 6.44. The summed E-state index contributed by atoms with van der Waals surface area (Å²) < 4.78 is 0. The van der Waals surface area contributed by atoms with E-state index in [2.05, 4.69) is 17.2 Å². The van der Waals surface area contributed by atoms with Crippen molar-refractivity contribution in [3.05, 3.63) is 34.9 Å². The fraction of sp³-hybridized carbons (Fsp3) is 0.375. The van der Waals surface area contributed by atoms with Crippen LogP contribution in [0.1, 0.15) is 28.4 Å². The van der Waals surface area contributed by atoms with Crippen molar-refractivity contribution >= 4 is 11.8 Å². The van der Waals surface area contributed by atoms with Crippen LogP contribution in [0.3, 0.4) is 0 Å². The lowest BCUT2D eigenvalue weighted by atomic mass is 10.0. The monoisotopic (exact) mass is 288 g/mol. The summed E-state index contributed by atoms with van der Waals surface area (Å²) in [7, 11) is 1.54. The molecule has 5 heteroatoms. The highest BCUT2D eigenvalue weighted by atomic mass is 16.2. The summed E-state index contributed by atoms with van der Waals surface area (Å²) in [6, 6.07) is 5.26. The van der Waals surface area contributed by atoms with Gasteiger partial charge in [-0.2, -0.15) is 0 Å². The van der Waals surface area contributed by atoms with Crippen LogP contribution in [-0.2, 0) is 4.79 Å². The highest BCUT2D eigenvalue weighted by Gasteiger charge is 2.19. The molecule has 0 aromatic heterocycles. The van der Waals surface area contributed by atoms with E-state index >= 15 is 0 Å². The fourth-order valence-corrected chi connectivity index (χ4v) is 1.89. The number of hydrogen-bond donors (Lipinski definition) is 2. The Bertz CT molecular complexity index is 585. The second kappa shape index (κ2) is 8.08. The van der Waals surface area contributed by atoms with Crippen molar-refractivity contribution in [1.29, 1.82) is 0 Å². The van der Waals surface area contributed by atoms with Crippen LogP contribution in [0.2, 0.25) is 0 Å². The second-order valence-corrected chi connectivity index (χ2v) is 4.43. The van der Waals surface area contributed by atoms with Crippen molar-refractivity contribution < 1.29 is 14.7 Å². The normalized spacial score (nSPS) is 9.52. The average Bonchev–Trinajstić information content (AvgIpc) is 2.50. The van der Waals surface area contributed by atoms with E-state index in [0.717, 1.165) is 5.56 Å². The van der Waals surface area contributed by atoms with Gasteiger partial charge < -0.3 is 15.3 Å². The molecule has 21 heavy (non-hydrogen) atoms. The summed E-state index contributed by atoms with van der Waals surface area (Å²) in [6.07, 6.45) is 0. The third-order valence-electron chi connectivity index (χ3n) is 3.15. The van der Waals surface area contributed by atoms with Gasteiger partial charge >= 0.3 is 0 Å². The summed E-state index contributed by atoms with van der Waals surface area (Å²) in [5, 5.41) is 11.3. The van der Waals surface area contributed by atoms with Gasteiger partial charge in [0.05, 0.1) is 6.54 Å². The minimum Gasteiger partial charge on any atom is -0.384 e. The van der Waals surface area contributed by atoms with Crippen LogP contribution in [0.4, 0.5) is 0 Å². The van der Waals surface area contributed by atoms with E-state index in [-0.39, 0.29) is 25.0 Å². The second-order valence-electron chi connectivity index (χ2n) is 4.43. The highest BCUT2D eigenvalue weighted by molar-refractivity contribution is 5.98. The zero-order valence-corrected chi connectivity index (χ0v) is 12.6. The summed E-state index contributed by atoms with van der Waals surface area (Å²) in [6.45, 7) is 3.87. The predicted octanol–water partition coefficient (Wildman–Crippen LogP) is 0.547. The van der Waals surface area contributed by atoms with Crippen LogP contribution in [0.25, 0.3) is 0 Å². The number of aliphatic hydroxyl groups excluding tert-OH is 1. The van der Waals surface area contributed by atoms with E-state index in [1.54, 1.807) is 18.2 Å². The van der Waals surface area contributed by atoms with Gasteiger partial charge in [-0.25, -0.2) is 0 Å². The van der Waals surface area contributed by atoms with Crippen molar-refractivity contribution in [2.45, 2.75) is 13.8 Å². The number of likely N-dealkylation sites (N-methyl/N-ethyl adjacent to an activating group) is 2. The standard InChI is InChI=1S/C16H20N2O3/c1-4-18(11-15(20)17-3)16(21)14-9-5-7-13(12(14)2)8-6-10-19/h5,7,9,19H,4,10-11H2,1-3H3,(H,17,20). The first-order valence-corrected chi connectivity index (χ1v) is 6.74. The van der Waals surface area contributed by atoms with Crippen molar-refractivity contribution in [2.75, 3.05) is 26.7 Å². The van der Waals surface area contributed by atoms with Crippen LogP contribution in [0.15, 0.2) is 18.2 Å². The molecular weight excluding hydrogens is 268 g/mol. The third-order valence-corrected chi connectivity index (χ3v) is 3.15. The zero-order valence-electron chi connectivity index (χ0n) is 12.6. The van der Waals surface area contributed by atoms with Gasteiger partial charge in [0.15, 0.2) is 0 Å². The SMILES string of the molecule is CCN(CC(=O)NC)C(=O)c1cccc(C#CCO)c1C. The minimum atomic E-state index is -0.227. The Morgan fingerprint density at radius 1 is 1.38 bits per heavy atom. The van der Waals surface area contributed by atoms with Gasteiger partial charge in [0.2, 0.25) is 5.91 Å². The third kappa shape index (κ3) is 4.33. The Hall–Kier alpha value is -2.32. The molecule has 0 atom stereocenters. The Labute approximate surface area is 125 Å². The van der Waals surface area contributed by atoms with Gasteiger partial charge in [-0.3, -0.25) is 9.59 Å². The molecule has 0 saturated carbocycles. The first-order valence-electron chi connectivity index (χ1n) is 6.74. The quantitative estimate of drug-likeness (QED) is 0.795. The van der Waals surface area contributed by atoms with Crippen molar-refractivity contribution in [3.8, 4) is 11.8 Å². The molecule has 1 aromatic rings. The Morgan fingerprint density at radius 3 is 2.67 bits per heavy atom. The molecule has 1 aromatic carbocycles. The first kappa shape index (κ1) is 16.7. The van der Waals surface area contributed by atoms with Crippen molar-refractivity contribution in [3.63, 3.8) is 0 Å². The molecule has 2 amide bonds. The molecule has 0 bridgehead atoms. The number of rotatable bonds is 4. The van der Waals surface area contributed by atoms with Gasteiger partial charge in [-0.05, 0) is 31.5 Å². The van der Waals surface area contributed by atoms with Crippen molar-refractivity contribution in [2.24, 2.45) is 0 Å². The summed E-state index contributed by atoms with van der Waals surface area (Å²) >= 11 is 0. The molecule has 2 N–H and O–H groups in total. The van der Waals surface area contributed by atoms with Gasteiger partial charge in [0.1, 0.15) is 6.61 Å². The van der Waals surface area contributed by atoms with Crippen LogP contribution >= 0.6 is 0 Å². The maximum Gasteiger partial charge on any atom is 0.254 e. The number of nitrogens with one attached hydrogen (secondary N) is 1. The molecule has 0 radical (unpaired) electrons. The lowest BCUT2D eigenvalue weighted by Gasteiger charge is -2.21. The largest absolute Gasteiger partial charge is 0.384 e. The average molecular weight is 288 g/mol. The topological polar surface area (TPSA) is 69.6 Å². The van der Waals surface area contributed by atoms with E-state index in [4.69, 9.17) is 5.11 Å². The number of amides is 2. The zero-order chi connectivity index (χ0) is 15.8. The molecule has 1 rings (SSSR count). The number of hydrogen-bond acceptors (Lipinski definition) is 3. The lowest BCUT2D eigenvalue weighted by molar-refractivity contribution is -0.121. The number of carbonyl (C=O) groups excluding carboxylic acids is 2. The lowest BCUT2D eigenvalue weighted by Crippen LogP contribution is -2.39. The minimum absolute atomic E-state index is 0.0256. The molecule has 0 aliphatic carbocycles. The van der Waals surface area contributed by atoms with E-state index in [0.29, 0.717) is 17.7 Å². The van der Waals surface area contributed by atoms with Crippen LogP contribution in [0.5, 0.6) is 0 Å². The first-order chi connectivity index (χ1) is 10.0. The summed E-state index contributed by atoms with van der Waals surface area (Å²) in [4.78, 5) is 25.5. The van der Waals surface area contributed by atoms with Crippen LogP contribution < -0.4 is 5.32 Å². The maximum atomic E-state index is 12.5. The number of aliphatic hydroxyl groups is 1. The molecule has 5 nitrogen and oxygen atoms in total. The molecule has 0 aliphatic rings. The van der Waals surface area contributed by atoms with E-state index < -0.39 is 0 Å². The molecular formula is C16H20N2O3. The molecule has 0 unspecified atom stereocenters. The van der Waals surface area contributed by atoms with Gasteiger partial charge in [-0.1, -0.05) is 17.9 Å². The molecule has 0 saturated heterocycles. The van der Waals surface area contributed by atoms with E-state index in [1.807, 2.05) is 13.8 Å². The van der Waals surface area contributed by atoms with Crippen molar-refractivity contribution in [1.82, 2.24) is 10.2 Å². The number of nitrogens with zero attached hydrogens (tertiary/aromatic N) is 1. The van der Waals surface area contributed by atoms with Crippen LogP contribution in [0, 0.1) is 18.8 Å². The maximum absolute atomic E-state index is 12.5. The van der Waals surface area contributed by atoms with E-state index in [9.17, 15) is 9.59 Å². The number of carbonyl (C=O) groups is 2. The molecule has 0 spiro atoms. The van der Waals surface area contributed by atoms with Gasteiger partial charge in [0.25, 0.3) is 5.91 Å². The molecule has 0 fully saturated rings. The van der Waals surface area contributed by atoms with Gasteiger partial charge in [-0.15, -0.1) is 0 Å². The molecule has 112 valence electrons. The van der Waals surface area contributed by atoms with Crippen LogP contribution in [-0.4, -0.2) is 48.6 Å². The predicted molar refractivity (Wildman–Crippen MR) is 80.8 cm³/mol.